The number of fused-ring (bicyclic) bond motifs is 1. The van der Waals surface area contributed by atoms with Gasteiger partial charge < -0.3 is 4.74 Å². The van der Waals surface area contributed by atoms with Crippen LogP contribution in [0.4, 0.5) is 16.3 Å². The highest BCUT2D eigenvalue weighted by Crippen LogP contribution is 2.24. The Morgan fingerprint density at radius 2 is 2.08 bits per heavy atom. The summed E-state index contributed by atoms with van der Waals surface area (Å²) < 4.78 is 6.65. The number of carbonyl (C=O) groups excluding carboxylic acids is 1. The van der Waals surface area contributed by atoms with E-state index in [-0.39, 0.29) is 11.5 Å². The van der Waals surface area contributed by atoms with Gasteiger partial charge in [0.15, 0.2) is 5.65 Å². The van der Waals surface area contributed by atoms with Crippen molar-refractivity contribution in [1.82, 2.24) is 19.7 Å². The molecule has 3 aromatic rings. The summed E-state index contributed by atoms with van der Waals surface area (Å²) in [6.45, 7) is 5.26. The fourth-order valence-electron chi connectivity index (χ4n) is 2.27. The van der Waals surface area contributed by atoms with Crippen LogP contribution in [-0.2, 0) is 4.74 Å². The average molecular weight is 356 g/mol. The molecule has 10 heteroatoms. The third kappa shape index (κ3) is 3.58. The Bertz CT molecular complexity index is 992. The number of non-ortho nitro benzene ring substituents is 1. The molecule has 2 heterocycles. The van der Waals surface area contributed by atoms with Crippen LogP contribution in [0.3, 0.4) is 0 Å². The second-order valence-corrected chi connectivity index (χ2v) is 6.42. The molecule has 0 atom stereocenters. The number of aromatic nitrogens is 4. The molecule has 0 aliphatic heterocycles. The van der Waals surface area contributed by atoms with Gasteiger partial charge in [-0.15, -0.1) is 0 Å². The number of nitro benzene ring substituents is 1. The number of benzene rings is 1. The summed E-state index contributed by atoms with van der Waals surface area (Å²) >= 11 is 0. The van der Waals surface area contributed by atoms with Crippen LogP contribution in [0.25, 0.3) is 16.7 Å². The number of nitro groups is 1. The van der Waals surface area contributed by atoms with Crippen molar-refractivity contribution >= 4 is 28.6 Å². The highest BCUT2D eigenvalue weighted by Gasteiger charge is 2.19. The maximum absolute atomic E-state index is 12.0. The summed E-state index contributed by atoms with van der Waals surface area (Å²) in [5, 5.41) is 18.2. The number of ether oxygens (including phenoxy) is 1. The Labute approximate surface area is 148 Å². The first-order valence-corrected chi connectivity index (χ1v) is 7.68. The van der Waals surface area contributed by atoms with E-state index >= 15 is 0 Å². The number of rotatable bonds is 3. The Hall–Kier alpha value is -3.56. The van der Waals surface area contributed by atoms with E-state index in [0.29, 0.717) is 16.7 Å². The zero-order valence-electron chi connectivity index (χ0n) is 14.3. The van der Waals surface area contributed by atoms with E-state index in [4.69, 9.17) is 4.74 Å². The second kappa shape index (κ2) is 6.39. The molecular weight excluding hydrogens is 340 g/mol. The molecule has 0 spiro atoms. The zero-order valence-corrected chi connectivity index (χ0v) is 14.3. The molecule has 10 nitrogen and oxygen atoms in total. The molecule has 3 rings (SSSR count). The van der Waals surface area contributed by atoms with E-state index in [9.17, 15) is 14.9 Å². The standard InChI is InChI=1S/C16H16N6O4/c1-16(2,3)26-15(23)20-13-12-8-19-21(14(12)18-9-17-13)10-5-4-6-11(7-10)22(24)25/h4-9H,1-3H3,(H,17,18,20,23). The van der Waals surface area contributed by atoms with Crippen LogP contribution in [0.1, 0.15) is 20.8 Å². The SMILES string of the molecule is CC(C)(C)OC(=O)Nc1ncnc2c1cnn2-c1cccc([N+](=O)[O-])c1. The highest BCUT2D eigenvalue weighted by molar-refractivity contribution is 5.95. The van der Waals surface area contributed by atoms with Gasteiger partial charge in [0.2, 0.25) is 0 Å². The molecule has 1 aromatic carbocycles. The minimum absolute atomic E-state index is 0.0627. The molecule has 0 saturated heterocycles. The quantitative estimate of drug-likeness (QED) is 0.564. The van der Waals surface area contributed by atoms with Crippen molar-refractivity contribution in [3.63, 3.8) is 0 Å². The Morgan fingerprint density at radius 1 is 1.31 bits per heavy atom. The van der Waals surface area contributed by atoms with Crippen molar-refractivity contribution in [3.8, 4) is 5.69 Å². The third-order valence-electron chi connectivity index (χ3n) is 3.27. The molecule has 134 valence electrons. The molecule has 0 fully saturated rings. The van der Waals surface area contributed by atoms with Gasteiger partial charge in [0, 0.05) is 12.1 Å². The molecule has 0 saturated carbocycles. The minimum Gasteiger partial charge on any atom is -0.444 e. The van der Waals surface area contributed by atoms with E-state index < -0.39 is 16.6 Å². The molecule has 0 bridgehead atoms. The first kappa shape index (κ1) is 17.3. The van der Waals surface area contributed by atoms with Crippen LogP contribution in [0, 0.1) is 10.1 Å². The van der Waals surface area contributed by atoms with E-state index in [1.54, 1.807) is 32.9 Å². The van der Waals surface area contributed by atoms with Crippen LogP contribution >= 0.6 is 0 Å². The lowest BCUT2D eigenvalue weighted by atomic mass is 10.2. The summed E-state index contributed by atoms with van der Waals surface area (Å²) in [6, 6.07) is 6.00. The molecular formula is C16H16N6O4. The molecule has 26 heavy (non-hydrogen) atoms. The fraction of sp³-hybridized carbons (Fsp3) is 0.250. The lowest BCUT2D eigenvalue weighted by Crippen LogP contribution is -2.27. The van der Waals surface area contributed by atoms with Crippen LogP contribution in [-0.4, -0.2) is 36.4 Å². The summed E-state index contributed by atoms with van der Waals surface area (Å²) in [5.41, 5.74) is 0.151. The van der Waals surface area contributed by atoms with E-state index in [0.717, 1.165) is 0 Å². The van der Waals surface area contributed by atoms with E-state index in [2.05, 4.69) is 20.4 Å². The van der Waals surface area contributed by atoms with Gasteiger partial charge in [-0.05, 0) is 26.8 Å². The largest absolute Gasteiger partial charge is 0.444 e. The molecule has 2 aromatic heterocycles. The van der Waals surface area contributed by atoms with Gasteiger partial charge in [-0.25, -0.2) is 19.4 Å². The van der Waals surface area contributed by atoms with Crippen molar-refractivity contribution in [2.24, 2.45) is 0 Å². The normalized spacial score (nSPS) is 11.3. The topological polar surface area (TPSA) is 125 Å². The highest BCUT2D eigenvalue weighted by atomic mass is 16.6. The Morgan fingerprint density at radius 3 is 2.77 bits per heavy atom. The van der Waals surface area contributed by atoms with Crippen molar-refractivity contribution in [3.05, 3.63) is 46.9 Å². The number of amides is 1. The first-order valence-electron chi connectivity index (χ1n) is 7.68. The molecule has 1 amide bonds. The van der Waals surface area contributed by atoms with Crippen molar-refractivity contribution in [2.75, 3.05) is 5.32 Å². The smallest absolute Gasteiger partial charge is 0.413 e. The minimum atomic E-state index is -0.652. The maximum Gasteiger partial charge on any atom is 0.413 e. The fourth-order valence-corrected chi connectivity index (χ4v) is 2.27. The summed E-state index contributed by atoms with van der Waals surface area (Å²) in [6.07, 6.45) is 2.09. The van der Waals surface area contributed by atoms with Crippen LogP contribution in [0.2, 0.25) is 0 Å². The number of hydrogen-bond acceptors (Lipinski definition) is 7. The van der Waals surface area contributed by atoms with Gasteiger partial charge in [0.05, 0.1) is 22.2 Å². The van der Waals surface area contributed by atoms with E-state index in [1.165, 1.54) is 29.3 Å². The number of anilines is 1. The Kier molecular flexibility index (Phi) is 4.24. The molecule has 0 radical (unpaired) electrons. The van der Waals surface area contributed by atoms with Gasteiger partial charge in [0.25, 0.3) is 5.69 Å². The molecule has 0 unspecified atom stereocenters. The monoisotopic (exact) mass is 356 g/mol. The second-order valence-electron chi connectivity index (χ2n) is 6.42. The van der Waals surface area contributed by atoms with Crippen molar-refractivity contribution in [2.45, 2.75) is 26.4 Å². The average Bonchev–Trinajstić information content (AvgIpc) is 2.98. The predicted octanol–water partition coefficient (Wildman–Crippen LogP) is 3.07. The lowest BCUT2D eigenvalue weighted by Gasteiger charge is -2.19. The molecule has 1 N–H and O–H groups in total. The summed E-state index contributed by atoms with van der Waals surface area (Å²) in [7, 11) is 0. The number of carbonyl (C=O) groups is 1. The van der Waals surface area contributed by atoms with E-state index in [1.807, 2.05) is 0 Å². The van der Waals surface area contributed by atoms with Gasteiger partial charge >= 0.3 is 6.09 Å². The number of nitrogens with one attached hydrogen (secondary N) is 1. The third-order valence-corrected chi connectivity index (χ3v) is 3.27. The van der Waals surface area contributed by atoms with Crippen molar-refractivity contribution < 1.29 is 14.5 Å². The number of hydrogen-bond donors (Lipinski definition) is 1. The van der Waals surface area contributed by atoms with Gasteiger partial charge in [-0.3, -0.25) is 15.4 Å². The molecule has 0 aliphatic rings. The zero-order chi connectivity index (χ0) is 18.9. The Balaban J connectivity index is 1.98. The summed E-state index contributed by atoms with van der Waals surface area (Å²) in [4.78, 5) is 30.7. The predicted molar refractivity (Wildman–Crippen MR) is 93.2 cm³/mol. The lowest BCUT2D eigenvalue weighted by molar-refractivity contribution is -0.384. The van der Waals surface area contributed by atoms with Crippen LogP contribution in [0.15, 0.2) is 36.8 Å². The number of nitrogens with zero attached hydrogens (tertiary/aromatic N) is 5. The van der Waals surface area contributed by atoms with Gasteiger partial charge in [-0.2, -0.15) is 5.10 Å². The summed E-state index contributed by atoms with van der Waals surface area (Å²) in [5.74, 6) is 0.237. The maximum atomic E-state index is 12.0. The van der Waals surface area contributed by atoms with Crippen LogP contribution < -0.4 is 5.32 Å². The molecule has 0 aliphatic carbocycles. The van der Waals surface area contributed by atoms with Gasteiger partial charge in [-0.1, -0.05) is 6.07 Å². The van der Waals surface area contributed by atoms with Crippen molar-refractivity contribution in [1.29, 1.82) is 0 Å². The van der Waals surface area contributed by atoms with Gasteiger partial charge in [0.1, 0.15) is 17.7 Å². The first-order chi connectivity index (χ1) is 12.2. The van der Waals surface area contributed by atoms with Crippen LogP contribution in [0.5, 0.6) is 0 Å².